The second kappa shape index (κ2) is 9.31. The van der Waals surface area contributed by atoms with Crippen LogP contribution in [0, 0.1) is 11.6 Å². The molecule has 0 saturated carbocycles. The fraction of sp³-hybridized carbons (Fsp3) is 0.200. The van der Waals surface area contributed by atoms with Crippen molar-refractivity contribution in [1.82, 2.24) is 4.90 Å². The van der Waals surface area contributed by atoms with E-state index in [1.165, 1.54) is 37.3 Å². The summed E-state index contributed by atoms with van der Waals surface area (Å²) >= 11 is 0. The van der Waals surface area contributed by atoms with E-state index >= 15 is 0 Å². The molecule has 2 aromatic carbocycles. The summed E-state index contributed by atoms with van der Waals surface area (Å²) in [6.07, 6.45) is -3.07. The topological polar surface area (TPSA) is 49.4 Å². The van der Waals surface area contributed by atoms with Gasteiger partial charge in [0.15, 0.2) is 0 Å². The van der Waals surface area contributed by atoms with Gasteiger partial charge in [0.25, 0.3) is 0 Å². The number of carbonyl (C=O) groups excluding carboxylic acids is 2. The minimum Gasteiger partial charge on any atom is -0.331 e. The Morgan fingerprint density at radius 2 is 1.69 bits per heavy atom. The third-order valence-electron chi connectivity index (χ3n) is 3.88. The lowest BCUT2D eigenvalue weighted by molar-refractivity contribution is -0.185. The van der Waals surface area contributed by atoms with Crippen LogP contribution < -0.4 is 5.32 Å². The van der Waals surface area contributed by atoms with E-state index < -0.39 is 29.6 Å². The highest BCUT2D eigenvalue weighted by Gasteiger charge is 2.41. The summed E-state index contributed by atoms with van der Waals surface area (Å²) in [6.45, 7) is 0.975. The lowest BCUT2D eigenvalue weighted by atomic mass is 10.1. The van der Waals surface area contributed by atoms with Crippen molar-refractivity contribution in [3.05, 3.63) is 71.3 Å². The fourth-order valence-corrected chi connectivity index (χ4v) is 2.49. The number of amides is 2. The van der Waals surface area contributed by atoms with Crippen molar-refractivity contribution in [3.63, 3.8) is 0 Å². The van der Waals surface area contributed by atoms with Crippen LogP contribution >= 0.6 is 0 Å². The van der Waals surface area contributed by atoms with E-state index in [1.54, 1.807) is 0 Å². The molecule has 0 aliphatic carbocycles. The SMILES string of the molecule is CCN(Cc1cccc(NC(=O)C=Cc2c(F)cccc2F)c1)C(=O)C(F)(F)F. The van der Waals surface area contributed by atoms with E-state index in [0.29, 0.717) is 10.5 Å². The van der Waals surface area contributed by atoms with Crippen LogP contribution in [0.15, 0.2) is 48.5 Å². The van der Waals surface area contributed by atoms with Crippen LogP contribution in [-0.4, -0.2) is 29.4 Å². The van der Waals surface area contributed by atoms with Crippen LogP contribution in [0.25, 0.3) is 6.08 Å². The second-order valence-corrected chi connectivity index (χ2v) is 5.98. The van der Waals surface area contributed by atoms with Gasteiger partial charge in [0.2, 0.25) is 5.91 Å². The van der Waals surface area contributed by atoms with E-state index in [9.17, 15) is 31.5 Å². The average molecular weight is 412 g/mol. The lowest BCUT2D eigenvalue weighted by Gasteiger charge is -2.22. The number of hydrogen-bond donors (Lipinski definition) is 1. The molecule has 0 atom stereocenters. The number of anilines is 1. The zero-order chi connectivity index (χ0) is 21.6. The maximum absolute atomic E-state index is 13.5. The van der Waals surface area contributed by atoms with Crippen LogP contribution in [0.5, 0.6) is 0 Å². The Morgan fingerprint density at radius 1 is 1.07 bits per heavy atom. The van der Waals surface area contributed by atoms with E-state index in [0.717, 1.165) is 24.3 Å². The molecule has 2 amide bonds. The Kier molecular flexibility index (Phi) is 7.08. The molecule has 9 heteroatoms. The Hall–Kier alpha value is -3.23. The van der Waals surface area contributed by atoms with Gasteiger partial charge in [0, 0.05) is 30.4 Å². The molecular weight excluding hydrogens is 395 g/mol. The van der Waals surface area contributed by atoms with E-state index in [-0.39, 0.29) is 24.3 Å². The Balaban J connectivity index is 2.08. The first-order valence-electron chi connectivity index (χ1n) is 8.50. The molecule has 1 N–H and O–H groups in total. The number of nitrogens with zero attached hydrogens (tertiary/aromatic N) is 1. The molecule has 0 aliphatic rings. The zero-order valence-corrected chi connectivity index (χ0v) is 15.3. The lowest BCUT2D eigenvalue weighted by Crippen LogP contribution is -2.40. The molecule has 154 valence electrons. The van der Waals surface area contributed by atoms with Crippen LogP contribution in [0.3, 0.4) is 0 Å². The molecule has 0 saturated heterocycles. The molecule has 0 heterocycles. The molecule has 0 spiro atoms. The first kappa shape index (κ1) is 22.1. The summed E-state index contributed by atoms with van der Waals surface area (Å²) in [7, 11) is 0. The van der Waals surface area contributed by atoms with Gasteiger partial charge >= 0.3 is 12.1 Å². The molecule has 0 aliphatic heterocycles. The van der Waals surface area contributed by atoms with Crippen molar-refractivity contribution >= 4 is 23.6 Å². The first-order valence-corrected chi connectivity index (χ1v) is 8.50. The quantitative estimate of drug-likeness (QED) is 0.560. The zero-order valence-electron chi connectivity index (χ0n) is 15.3. The fourth-order valence-electron chi connectivity index (χ4n) is 2.49. The molecule has 4 nitrogen and oxygen atoms in total. The highest BCUT2D eigenvalue weighted by molar-refractivity contribution is 6.02. The third-order valence-corrected chi connectivity index (χ3v) is 3.88. The number of carbonyl (C=O) groups is 2. The number of hydrogen-bond acceptors (Lipinski definition) is 2. The van der Waals surface area contributed by atoms with Gasteiger partial charge in [0.1, 0.15) is 11.6 Å². The standard InChI is InChI=1S/C20H17F5N2O2/c1-2-27(19(29)20(23,24)25)12-13-5-3-6-14(11-13)26-18(28)10-9-15-16(21)7-4-8-17(15)22/h3-11H,2,12H2,1H3,(H,26,28). The summed E-state index contributed by atoms with van der Waals surface area (Å²) in [5.41, 5.74) is 0.244. The molecule has 0 fully saturated rings. The number of rotatable bonds is 6. The van der Waals surface area contributed by atoms with Gasteiger partial charge in [-0.2, -0.15) is 13.2 Å². The van der Waals surface area contributed by atoms with Crippen molar-refractivity contribution in [2.24, 2.45) is 0 Å². The largest absolute Gasteiger partial charge is 0.471 e. The monoisotopic (exact) mass is 412 g/mol. The predicted molar refractivity (Wildman–Crippen MR) is 97.6 cm³/mol. The van der Waals surface area contributed by atoms with Gasteiger partial charge in [0.05, 0.1) is 0 Å². The highest BCUT2D eigenvalue weighted by atomic mass is 19.4. The molecule has 0 aromatic heterocycles. The molecule has 29 heavy (non-hydrogen) atoms. The second-order valence-electron chi connectivity index (χ2n) is 5.98. The summed E-state index contributed by atoms with van der Waals surface area (Å²) < 4.78 is 64.9. The van der Waals surface area contributed by atoms with Crippen molar-refractivity contribution in [2.45, 2.75) is 19.6 Å². The van der Waals surface area contributed by atoms with Crippen molar-refractivity contribution < 1.29 is 31.5 Å². The van der Waals surface area contributed by atoms with Crippen LogP contribution in [-0.2, 0) is 16.1 Å². The molecule has 0 unspecified atom stereocenters. The number of nitrogens with one attached hydrogen (secondary N) is 1. The number of benzene rings is 2. The molecule has 0 bridgehead atoms. The molecular formula is C20H17F5N2O2. The summed E-state index contributed by atoms with van der Waals surface area (Å²) in [5, 5.41) is 2.45. The van der Waals surface area contributed by atoms with Crippen molar-refractivity contribution in [1.29, 1.82) is 0 Å². The Bertz CT molecular complexity index is 905. The van der Waals surface area contributed by atoms with Crippen LogP contribution in [0.1, 0.15) is 18.1 Å². The minimum absolute atomic E-state index is 0.147. The van der Waals surface area contributed by atoms with E-state index in [1.807, 2.05) is 0 Å². The summed E-state index contributed by atoms with van der Waals surface area (Å²) in [6, 6.07) is 9.18. The van der Waals surface area contributed by atoms with Crippen molar-refractivity contribution in [3.8, 4) is 0 Å². The van der Waals surface area contributed by atoms with Gasteiger partial charge in [-0.05, 0) is 42.8 Å². The minimum atomic E-state index is -4.98. The highest BCUT2D eigenvalue weighted by Crippen LogP contribution is 2.21. The van der Waals surface area contributed by atoms with Gasteiger partial charge in [-0.25, -0.2) is 8.78 Å². The normalized spacial score (nSPS) is 11.5. The Morgan fingerprint density at radius 3 is 2.28 bits per heavy atom. The van der Waals surface area contributed by atoms with Gasteiger partial charge in [-0.15, -0.1) is 0 Å². The van der Waals surface area contributed by atoms with Crippen LogP contribution in [0.4, 0.5) is 27.6 Å². The summed E-state index contributed by atoms with van der Waals surface area (Å²) in [4.78, 5) is 24.0. The smallest absolute Gasteiger partial charge is 0.331 e. The number of alkyl halides is 3. The third kappa shape index (κ3) is 6.13. The molecule has 0 radical (unpaired) electrons. The van der Waals surface area contributed by atoms with E-state index in [2.05, 4.69) is 5.32 Å². The van der Waals surface area contributed by atoms with Crippen LogP contribution in [0.2, 0.25) is 0 Å². The van der Waals surface area contributed by atoms with E-state index in [4.69, 9.17) is 0 Å². The van der Waals surface area contributed by atoms with Crippen molar-refractivity contribution in [2.75, 3.05) is 11.9 Å². The van der Waals surface area contributed by atoms with Gasteiger partial charge in [-0.3, -0.25) is 9.59 Å². The summed E-state index contributed by atoms with van der Waals surface area (Å²) in [5.74, 6) is -4.30. The average Bonchev–Trinajstić information content (AvgIpc) is 2.64. The molecule has 2 aromatic rings. The predicted octanol–water partition coefficient (Wildman–Crippen LogP) is 4.53. The van der Waals surface area contributed by atoms with Gasteiger partial charge < -0.3 is 10.2 Å². The number of halogens is 5. The first-order chi connectivity index (χ1) is 13.6. The molecule has 2 rings (SSSR count). The Labute approximate surface area is 163 Å². The maximum atomic E-state index is 13.5. The maximum Gasteiger partial charge on any atom is 0.471 e. The van der Waals surface area contributed by atoms with Gasteiger partial charge in [-0.1, -0.05) is 18.2 Å².